The second-order valence-corrected chi connectivity index (χ2v) is 6.20. The molecule has 3 rings (SSSR count). The molecule has 3 aromatic rings. The number of ether oxygens (including phenoxy) is 2. The molecule has 0 aliphatic rings. The van der Waals surface area contributed by atoms with Crippen LogP contribution in [0.1, 0.15) is 37.7 Å². The van der Waals surface area contributed by atoms with E-state index < -0.39 is 11.9 Å². The highest BCUT2D eigenvalue weighted by atomic mass is 19.1. The van der Waals surface area contributed by atoms with Crippen LogP contribution < -0.4 is 0 Å². The van der Waals surface area contributed by atoms with E-state index in [-0.39, 0.29) is 12.4 Å². The van der Waals surface area contributed by atoms with Gasteiger partial charge in [-0.2, -0.15) is 5.10 Å². The van der Waals surface area contributed by atoms with E-state index in [0.29, 0.717) is 28.2 Å². The SMILES string of the molecule is COC(=O)c1ccc(COC(=O)c2c(C)nn(-c3ccc(F)cc3)c2C)cc1. The molecule has 0 amide bonds. The van der Waals surface area contributed by atoms with E-state index in [1.54, 1.807) is 54.9 Å². The quantitative estimate of drug-likeness (QED) is 0.628. The monoisotopic (exact) mass is 382 g/mol. The molecule has 0 radical (unpaired) electrons. The van der Waals surface area contributed by atoms with Gasteiger partial charge in [-0.15, -0.1) is 0 Å². The summed E-state index contributed by atoms with van der Waals surface area (Å²) in [6.07, 6.45) is 0. The lowest BCUT2D eigenvalue weighted by Gasteiger charge is -2.07. The van der Waals surface area contributed by atoms with Crippen molar-refractivity contribution in [2.45, 2.75) is 20.5 Å². The summed E-state index contributed by atoms with van der Waals surface area (Å²) < 4.78 is 24.8. The first-order chi connectivity index (χ1) is 13.4. The van der Waals surface area contributed by atoms with E-state index in [4.69, 9.17) is 4.74 Å². The van der Waals surface area contributed by atoms with Crippen molar-refractivity contribution in [3.8, 4) is 5.69 Å². The van der Waals surface area contributed by atoms with Crippen molar-refractivity contribution in [1.29, 1.82) is 0 Å². The van der Waals surface area contributed by atoms with Crippen molar-refractivity contribution in [3.05, 3.63) is 82.4 Å². The molecular formula is C21H19FN2O4. The van der Waals surface area contributed by atoms with Crippen molar-refractivity contribution >= 4 is 11.9 Å². The molecule has 0 aliphatic heterocycles. The lowest BCUT2D eigenvalue weighted by atomic mass is 10.1. The van der Waals surface area contributed by atoms with E-state index in [1.807, 2.05) is 0 Å². The Balaban J connectivity index is 1.74. The molecule has 0 saturated carbocycles. The van der Waals surface area contributed by atoms with Gasteiger partial charge in [-0.25, -0.2) is 18.7 Å². The van der Waals surface area contributed by atoms with Gasteiger partial charge in [0, 0.05) is 0 Å². The highest BCUT2D eigenvalue weighted by Crippen LogP contribution is 2.20. The second-order valence-electron chi connectivity index (χ2n) is 6.20. The molecule has 0 fully saturated rings. The van der Waals surface area contributed by atoms with E-state index >= 15 is 0 Å². The van der Waals surface area contributed by atoms with Crippen LogP contribution in [0.4, 0.5) is 4.39 Å². The molecule has 0 N–H and O–H groups in total. The minimum Gasteiger partial charge on any atom is -0.465 e. The standard InChI is InChI=1S/C21H19FN2O4/c1-13-19(14(2)24(23-13)18-10-8-17(22)9-11-18)21(26)28-12-15-4-6-16(7-5-15)20(25)27-3/h4-11H,12H2,1-3H3. The zero-order valence-electron chi connectivity index (χ0n) is 15.7. The number of benzene rings is 2. The fourth-order valence-corrected chi connectivity index (χ4v) is 2.85. The first-order valence-corrected chi connectivity index (χ1v) is 8.57. The maximum atomic E-state index is 13.1. The summed E-state index contributed by atoms with van der Waals surface area (Å²) >= 11 is 0. The predicted molar refractivity (Wildman–Crippen MR) is 99.9 cm³/mol. The number of methoxy groups -OCH3 is 1. The molecule has 1 heterocycles. The number of hydrogen-bond donors (Lipinski definition) is 0. The van der Waals surface area contributed by atoms with Crippen LogP contribution >= 0.6 is 0 Å². The van der Waals surface area contributed by atoms with Crippen LogP contribution in [0.5, 0.6) is 0 Å². The Kier molecular flexibility index (Phi) is 5.54. The summed E-state index contributed by atoms with van der Waals surface area (Å²) in [4.78, 5) is 24.0. The maximum Gasteiger partial charge on any atom is 0.342 e. The molecule has 0 bridgehead atoms. The zero-order chi connectivity index (χ0) is 20.3. The van der Waals surface area contributed by atoms with Crippen LogP contribution in [-0.2, 0) is 16.1 Å². The highest BCUT2D eigenvalue weighted by molar-refractivity contribution is 5.92. The third-order valence-electron chi connectivity index (χ3n) is 4.31. The van der Waals surface area contributed by atoms with E-state index in [0.717, 1.165) is 5.56 Å². The van der Waals surface area contributed by atoms with Gasteiger partial charge in [0.05, 0.1) is 29.7 Å². The van der Waals surface area contributed by atoms with Crippen LogP contribution in [-0.4, -0.2) is 28.8 Å². The molecule has 144 valence electrons. The van der Waals surface area contributed by atoms with Crippen molar-refractivity contribution in [3.63, 3.8) is 0 Å². The van der Waals surface area contributed by atoms with Gasteiger partial charge in [-0.05, 0) is 55.8 Å². The summed E-state index contributed by atoms with van der Waals surface area (Å²) in [7, 11) is 1.31. The molecule has 7 heteroatoms. The normalized spacial score (nSPS) is 10.6. The number of hydrogen-bond acceptors (Lipinski definition) is 5. The van der Waals surface area contributed by atoms with Gasteiger partial charge in [-0.1, -0.05) is 12.1 Å². The minimum atomic E-state index is -0.500. The molecule has 0 aliphatic carbocycles. The van der Waals surface area contributed by atoms with Gasteiger partial charge in [0.1, 0.15) is 18.0 Å². The molecule has 6 nitrogen and oxygen atoms in total. The van der Waals surface area contributed by atoms with Gasteiger partial charge in [0.15, 0.2) is 0 Å². The fourth-order valence-electron chi connectivity index (χ4n) is 2.85. The van der Waals surface area contributed by atoms with E-state index in [2.05, 4.69) is 9.84 Å². The lowest BCUT2D eigenvalue weighted by molar-refractivity contribution is 0.0469. The topological polar surface area (TPSA) is 70.4 Å². The van der Waals surface area contributed by atoms with E-state index in [1.165, 1.54) is 19.2 Å². The number of nitrogens with zero attached hydrogens (tertiary/aromatic N) is 2. The van der Waals surface area contributed by atoms with Crippen molar-refractivity contribution < 1.29 is 23.5 Å². The lowest BCUT2D eigenvalue weighted by Crippen LogP contribution is -2.08. The number of esters is 2. The van der Waals surface area contributed by atoms with Crippen molar-refractivity contribution in [1.82, 2.24) is 9.78 Å². The van der Waals surface area contributed by atoms with Crippen LogP contribution in [0.2, 0.25) is 0 Å². The molecule has 0 atom stereocenters. The Bertz CT molecular complexity index is 1010. The number of aromatic nitrogens is 2. The Morgan fingerprint density at radius 3 is 2.25 bits per heavy atom. The Hall–Kier alpha value is -3.48. The van der Waals surface area contributed by atoms with Crippen molar-refractivity contribution in [2.75, 3.05) is 7.11 Å². The third kappa shape index (κ3) is 3.93. The van der Waals surface area contributed by atoms with Gasteiger partial charge in [0.2, 0.25) is 0 Å². The molecule has 1 aromatic heterocycles. The molecule has 0 saturated heterocycles. The Morgan fingerprint density at radius 2 is 1.64 bits per heavy atom. The van der Waals surface area contributed by atoms with Gasteiger partial charge in [-0.3, -0.25) is 0 Å². The summed E-state index contributed by atoms with van der Waals surface area (Å²) in [6.45, 7) is 3.53. The first-order valence-electron chi connectivity index (χ1n) is 8.57. The van der Waals surface area contributed by atoms with E-state index in [9.17, 15) is 14.0 Å². The number of rotatable bonds is 5. The van der Waals surface area contributed by atoms with Crippen molar-refractivity contribution in [2.24, 2.45) is 0 Å². The predicted octanol–water partition coefficient (Wildman–Crippen LogP) is 3.77. The van der Waals surface area contributed by atoms with Crippen LogP contribution in [0.15, 0.2) is 48.5 Å². The summed E-state index contributed by atoms with van der Waals surface area (Å²) in [6, 6.07) is 12.5. The maximum absolute atomic E-state index is 13.1. The first kappa shape index (κ1) is 19.3. The molecule has 2 aromatic carbocycles. The smallest absolute Gasteiger partial charge is 0.342 e. The van der Waals surface area contributed by atoms with Gasteiger partial charge >= 0.3 is 11.9 Å². The Labute approximate surface area is 161 Å². The van der Waals surface area contributed by atoms with Gasteiger partial charge < -0.3 is 9.47 Å². The van der Waals surface area contributed by atoms with Crippen LogP contribution in [0, 0.1) is 19.7 Å². The molecular weight excluding hydrogens is 363 g/mol. The average Bonchev–Trinajstić information content (AvgIpc) is 3.00. The third-order valence-corrected chi connectivity index (χ3v) is 4.31. The summed E-state index contributed by atoms with van der Waals surface area (Å²) in [5.41, 5.74) is 3.31. The molecule has 0 spiro atoms. The largest absolute Gasteiger partial charge is 0.465 e. The molecule has 28 heavy (non-hydrogen) atoms. The summed E-state index contributed by atoms with van der Waals surface area (Å²) in [5, 5.41) is 4.37. The van der Waals surface area contributed by atoms with Crippen LogP contribution in [0.25, 0.3) is 5.69 Å². The Morgan fingerprint density at radius 1 is 1.00 bits per heavy atom. The number of carbonyl (C=O) groups excluding carboxylic acids is 2. The van der Waals surface area contributed by atoms with Gasteiger partial charge in [0.25, 0.3) is 0 Å². The average molecular weight is 382 g/mol. The molecule has 0 unspecified atom stereocenters. The zero-order valence-corrected chi connectivity index (χ0v) is 15.7. The fraction of sp³-hybridized carbons (Fsp3) is 0.190. The number of carbonyl (C=O) groups is 2. The highest BCUT2D eigenvalue weighted by Gasteiger charge is 2.21. The second kappa shape index (κ2) is 8.04. The number of aryl methyl sites for hydroxylation is 1. The minimum absolute atomic E-state index is 0.0564. The van der Waals surface area contributed by atoms with Crippen LogP contribution in [0.3, 0.4) is 0 Å². The number of halogens is 1. The summed E-state index contributed by atoms with van der Waals surface area (Å²) in [5.74, 6) is -1.27.